The molecule has 27 heavy (non-hydrogen) atoms. The average molecular weight is 363 g/mol. The second kappa shape index (κ2) is 7.32. The number of rotatable bonds is 3. The molecule has 0 bridgehead atoms. The van der Waals surface area contributed by atoms with E-state index >= 15 is 0 Å². The first kappa shape index (κ1) is 17.4. The number of ether oxygens (including phenoxy) is 1. The Morgan fingerprint density at radius 2 is 1.70 bits per heavy atom. The van der Waals surface area contributed by atoms with Crippen LogP contribution in [0.25, 0.3) is 22.0 Å². The third-order valence-electron chi connectivity index (χ3n) is 4.84. The first-order chi connectivity index (χ1) is 13.1. The fourth-order valence-electron chi connectivity index (χ4n) is 3.31. The minimum atomic E-state index is -0.247. The number of hydrogen-bond acceptors (Lipinski definition) is 4. The molecule has 3 aromatic rings. The lowest BCUT2D eigenvalue weighted by atomic mass is 10.0. The summed E-state index contributed by atoms with van der Waals surface area (Å²) in [5, 5.41) is 5.92. The topological polar surface area (TPSA) is 64.4 Å². The van der Waals surface area contributed by atoms with Gasteiger partial charge in [-0.1, -0.05) is 48.0 Å². The third-order valence-corrected chi connectivity index (χ3v) is 4.84. The van der Waals surface area contributed by atoms with E-state index < -0.39 is 0 Å². The van der Waals surface area contributed by atoms with Crippen LogP contribution in [0.15, 0.2) is 53.3 Å². The molecule has 1 aliphatic heterocycles. The van der Waals surface area contributed by atoms with Gasteiger partial charge in [-0.2, -0.15) is 5.10 Å². The molecule has 1 aromatic heterocycles. The summed E-state index contributed by atoms with van der Waals surface area (Å²) in [6.45, 7) is 4.11. The van der Waals surface area contributed by atoms with Gasteiger partial charge in [-0.25, -0.2) is 4.68 Å². The number of morpholine rings is 1. The van der Waals surface area contributed by atoms with Crippen molar-refractivity contribution >= 4 is 16.7 Å². The van der Waals surface area contributed by atoms with Crippen LogP contribution in [0, 0.1) is 6.92 Å². The lowest BCUT2D eigenvalue weighted by Crippen LogP contribution is -2.43. The van der Waals surface area contributed by atoms with E-state index in [1.165, 1.54) is 4.68 Å². The van der Waals surface area contributed by atoms with Crippen molar-refractivity contribution in [2.75, 3.05) is 26.3 Å². The van der Waals surface area contributed by atoms with Crippen molar-refractivity contribution in [3.63, 3.8) is 0 Å². The van der Waals surface area contributed by atoms with Gasteiger partial charge in [0.25, 0.3) is 5.56 Å². The molecular formula is C21H21N3O3. The van der Waals surface area contributed by atoms with E-state index in [-0.39, 0.29) is 18.0 Å². The Morgan fingerprint density at radius 3 is 2.41 bits per heavy atom. The van der Waals surface area contributed by atoms with Crippen LogP contribution in [-0.4, -0.2) is 46.9 Å². The smallest absolute Gasteiger partial charge is 0.275 e. The summed E-state index contributed by atoms with van der Waals surface area (Å²) in [6, 6.07) is 15.4. The Bertz CT molecular complexity index is 1030. The summed E-state index contributed by atoms with van der Waals surface area (Å²) in [5.41, 5.74) is 2.53. The van der Waals surface area contributed by atoms with Gasteiger partial charge in [0.05, 0.1) is 24.3 Å². The highest BCUT2D eigenvalue weighted by atomic mass is 16.5. The Hall–Kier alpha value is -2.99. The van der Waals surface area contributed by atoms with E-state index in [4.69, 9.17) is 4.74 Å². The lowest BCUT2D eigenvalue weighted by Gasteiger charge is -2.27. The predicted molar refractivity (Wildman–Crippen MR) is 104 cm³/mol. The minimum absolute atomic E-state index is 0.0669. The van der Waals surface area contributed by atoms with Gasteiger partial charge >= 0.3 is 0 Å². The van der Waals surface area contributed by atoms with Gasteiger partial charge in [0.15, 0.2) is 0 Å². The van der Waals surface area contributed by atoms with Crippen LogP contribution in [0.1, 0.15) is 5.56 Å². The molecule has 1 saturated heterocycles. The number of nitrogens with zero attached hydrogens (tertiary/aromatic N) is 3. The van der Waals surface area contributed by atoms with Crippen LogP contribution in [0.2, 0.25) is 0 Å². The van der Waals surface area contributed by atoms with Crippen molar-refractivity contribution < 1.29 is 9.53 Å². The fourth-order valence-corrected chi connectivity index (χ4v) is 3.31. The van der Waals surface area contributed by atoms with Crippen LogP contribution < -0.4 is 5.56 Å². The number of benzene rings is 2. The minimum Gasteiger partial charge on any atom is -0.378 e. The number of carbonyl (C=O) groups excluding carboxylic acids is 1. The number of amides is 1. The second-order valence-electron chi connectivity index (χ2n) is 6.72. The quantitative estimate of drug-likeness (QED) is 0.716. The van der Waals surface area contributed by atoms with Crippen LogP contribution >= 0.6 is 0 Å². The Kier molecular flexibility index (Phi) is 4.73. The molecule has 1 amide bonds. The molecule has 1 fully saturated rings. The molecule has 4 rings (SSSR count). The van der Waals surface area contributed by atoms with E-state index in [9.17, 15) is 9.59 Å². The normalized spacial score (nSPS) is 14.5. The second-order valence-corrected chi connectivity index (χ2v) is 6.72. The van der Waals surface area contributed by atoms with Gasteiger partial charge in [0.2, 0.25) is 5.91 Å². The van der Waals surface area contributed by atoms with Crippen molar-refractivity contribution in [3.05, 3.63) is 64.4 Å². The summed E-state index contributed by atoms with van der Waals surface area (Å²) in [4.78, 5) is 27.2. The fraction of sp³-hybridized carbons (Fsp3) is 0.286. The Balaban J connectivity index is 1.79. The molecule has 0 N–H and O–H groups in total. The van der Waals surface area contributed by atoms with Crippen LogP contribution in [0.3, 0.4) is 0 Å². The van der Waals surface area contributed by atoms with Gasteiger partial charge in [0, 0.05) is 24.0 Å². The number of aromatic nitrogens is 2. The number of hydrogen-bond donors (Lipinski definition) is 0. The molecule has 2 heterocycles. The van der Waals surface area contributed by atoms with Crippen molar-refractivity contribution in [3.8, 4) is 11.3 Å². The predicted octanol–water partition coefficient (Wildman–Crippen LogP) is 2.23. The summed E-state index contributed by atoms with van der Waals surface area (Å²) in [7, 11) is 0. The molecule has 0 saturated carbocycles. The lowest BCUT2D eigenvalue weighted by molar-refractivity contribution is -0.136. The van der Waals surface area contributed by atoms with Gasteiger partial charge < -0.3 is 9.64 Å². The molecule has 6 heteroatoms. The maximum Gasteiger partial charge on any atom is 0.275 e. The molecule has 0 radical (unpaired) electrons. The zero-order valence-electron chi connectivity index (χ0n) is 15.2. The highest BCUT2D eigenvalue weighted by Crippen LogP contribution is 2.24. The first-order valence-electron chi connectivity index (χ1n) is 9.06. The van der Waals surface area contributed by atoms with Gasteiger partial charge in [-0.05, 0) is 13.0 Å². The molecule has 1 aliphatic rings. The van der Waals surface area contributed by atoms with Crippen LogP contribution in [0.4, 0.5) is 0 Å². The molecule has 0 spiro atoms. The number of aryl methyl sites for hydroxylation is 1. The zero-order valence-corrected chi connectivity index (χ0v) is 15.2. The van der Waals surface area contributed by atoms with Gasteiger partial charge in [-0.15, -0.1) is 0 Å². The highest BCUT2D eigenvalue weighted by molar-refractivity contribution is 5.93. The van der Waals surface area contributed by atoms with E-state index in [1.54, 1.807) is 11.0 Å². The Labute approximate surface area is 157 Å². The standard InChI is InChI=1S/C21H21N3O3/c1-15-6-8-16(9-7-15)20-17-4-2-3-5-18(17)21(26)24(22-20)14-19(25)23-10-12-27-13-11-23/h2-9H,10-14H2,1H3. The number of fused-ring (bicyclic) bond motifs is 1. The maximum absolute atomic E-state index is 12.9. The molecule has 6 nitrogen and oxygen atoms in total. The monoisotopic (exact) mass is 363 g/mol. The van der Waals surface area contributed by atoms with Crippen LogP contribution in [-0.2, 0) is 16.1 Å². The van der Waals surface area contributed by atoms with E-state index in [0.29, 0.717) is 37.4 Å². The molecule has 138 valence electrons. The number of carbonyl (C=O) groups is 1. The van der Waals surface area contributed by atoms with Crippen molar-refractivity contribution in [2.24, 2.45) is 0 Å². The molecule has 2 aromatic carbocycles. The van der Waals surface area contributed by atoms with E-state index in [0.717, 1.165) is 16.5 Å². The largest absolute Gasteiger partial charge is 0.378 e. The Morgan fingerprint density at radius 1 is 1.04 bits per heavy atom. The zero-order chi connectivity index (χ0) is 18.8. The van der Waals surface area contributed by atoms with Gasteiger partial charge in [0.1, 0.15) is 6.54 Å². The molecule has 0 aliphatic carbocycles. The SMILES string of the molecule is Cc1ccc(-c2nn(CC(=O)N3CCOCC3)c(=O)c3ccccc23)cc1. The van der Waals surface area contributed by atoms with E-state index in [2.05, 4.69) is 5.10 Å². The van der Waals surface area contributed by atoms with Crippen molar-refractivity contribution in [1.29, 1.82) is 0 Å². The van der Waals surface area contributed by atoms with Crippen molar-refractivity contribution in [1.82, 2.24) is 14.7 Å². The van der Waals surface area contributed by atoms with Crippen LogP contribution in [0.5, 0.6) is 0 Å². The highest BCUT2D eigenvalue weighted by Gasteiger charge is 2.19. The average Bonchev–Trinajstić information content (AvgIpc) is 2.71. The molecule has 0 atom stereocenters. The van der Waals surface area contributed by atoms with Gasteiger partial charge in [-0.3, -0.25) is 9.59 Å². The first-order valence-corrected chi connectivity index (χ1v) is 9.06. The summed E-state index contributed by atoms with van der Waals surface area (Å²) >= 11 is 0. The van der Waals surface area contributed by atoms with E-state index in [1.807, 2.05) is 49.4 Å². The maximum atomic E-state index is 12.9. The van der Waals surface area contributed by atoms with Crippen molar-refractivity contribution in [2.45, 2.75) is 13.5 Å². The summed E-state index contributed by atoms with van der Waals surface area (Å²) in [5.74, 6) is -0.113. The summed E-state index contributed by atoms with van der Waals surface area (Å²) in [6.07, 6.45) is 0. The molecule has 0 unspecified atom stereocenters. The molecular weight excluding hydrogens is 342 g/mol. The summed E-state index contributed by atoms with van der Waals surface area (Å²) < 4.78 is 6.58. The third kappa shape index (κ3) is 3.48.